The Bertz CT molecular complexity index is 791. The Labute approximate surface area is 153 Å². The van der Waals surface area contributed by atoms with Crippen molar-refractivity contribution in [1.29, 1.82) is 0 Å². The molecule has 1 aromatic carbocycles. The van der Waals surface area contributed by atoms with Gasteiger partial charge in [-0.25, -0.2) is 0 Å². The highest BCUT2D eigenvalue weighted by Crippen LogP contribution is 2.57. The van der Waals surface area contributed by atoms with Crippen molar-refractivity contribution in [2.24, 2.45) is 5.92 Å². The molecule has 0 unspecified atom stereocenters. The summed E-state index contributed by atoms with van der Waals surface area (Å²) in [4.78, 5) is 0. The number of benzene rings is 1. The second-order valence-electron chi connectivity index (χ2n) is 8.18. The van der Waals surface area contributed by atoms with Crippen LogP contribution in [0.15, 0.2) is 17.7 Å². The molecule has 138 valence electrons. The lowest BCUT2D eigenvalue weighted by Crippen LogP contribution is -2.51. The number of rotatable bonds is 4. The van der Waals surface area contributed by atoms with Gasteiger partial charge in [-0.05, 0) is 55.3 Å². The molecule has 2 heterocycles. The van der Waals surface area contributed by atoms with Crippen molar-refractivity contribution in [3.8, 4) is 11.5 Å². The fourth-order valence-electron chi connectivity index (χ4n) is 5.17. The van der Waals surface area contributed by atoms with Crippen LogP contribution in [0.3, 0.4) is 0 Å². The van der Waals surface area contributed by atoms with Gasteiger partial charge in [-0.1, -0.05) is 6.07 Å². The van der Waals surface area contributed by atoms with Gasteiger partial charge in [0.1, 0.15) is 0 Å². The minimum atomic E-state index is -0.626. The third-order valence-electron chi connectivity index (χ3n) is 6.65. The Hall–Kier alpha value is -1.56. The van der Waals surface area contributed by atoms with E-state index < -0.39 is 5.79 Å². The lowest BCUT2D eigenvalue weighted by molar-refractivity contribution is -0.201. The fourth-order valence-corrected chi connectivity index (χ4v) is 5.17. The molecule has 0 aromatic heterocycles. The van der Waals surface area contributed by atoms with Crippen LogP contribution in [0.2, 0.25) is 0 Å². The number of ether oxygens (including phenoxy) is 4. The number of hydrogen-bond acceptors (Lipinski definition) is 5. The summed E-state index contributed by atoms with van der Waals surface area (Å²) >= 11 is 0. The average Bonchev–Trinajstić information content (AvgIpc) is 3.22. The van der Waals surface area contributed by atoms with Gasteiger partial charge < -0.3 is 24.3 Å². The summed E-state index contributed by atoms with van der Waals surface area (Å²) < 4.78 is 24.3. The second-order valence-corrected chi connectivity index (χ2v) is 8.18. The molecule has 1 N–H and O–H groups in total. The monoisotopic (exact) mass is 355 g/mol. The maximum Gasteiger partial charge on any atom is 0.210 e. The molecule has 1 saturated carbocycles. The Kier molecular flexibility index (Phi) is 3.26. The molecule has 2 atom stereocenters. The second kappa shape index (κ2) is 5.47. The predicted molar refractivity (Wildman–Crippen MR) is 96.4 cm³/mol. The third-order valence-corrected chi connectivity index (χ3v) is 6.65. The van der Waals surface area contributed by atoms with Gasteiger partial charge >= 0.3 is 0 Å². The number of hydrogen-bond donors (Lipinski definition) is 1. The largest absolute Gasteiger partial charge is 0.493 e. The first-order valence-corrected chi connectivity index (χ1v) is 9.90. The SMILES string of the molecule is COc1ccc2c3c1O[C@@H]1C3=C(CCC13OCCO3)[C@H](NCC1CC1)C2. The standard InChI is InChI=1S/C21H25NO4/c1-23-16-5-4-13-10-15(22-11-12-2-3-12)14-6-7-21(24-8-9-25-21)20-18(14)17(13)19(16)26-20/h4-5,12,15,20,22H,2-3,6-11H2,1H3/t15-,20-/m1/s1. The molecule has 5 heteroatoms. The van der Waals surface area contributed by atoms with E-state index in [0.717, 1.165) is 43.2 Å². The summed E-state index contributed by atoms with van der Waals surface area (Å²) in [5.74, 6) is 1.94. The van der Waals surface area contributed by atoms with E-state index in [9.17, 15) is 0 Å². The molecule has 6 rings (SSSR count). The molecule has 0 bridgehead atoms. The van der Waals surface area contributed by atoms with Crippen molar-refractivity contribution in [3.05, 3.63) is 28.8 Å². The zero-order chi connectivity index (χ0) is 17.3. The van der Waals surface area contributed by atoms with Crippen molar-refractivity contribution in [3.63, 3.8) is 0 Å². The van der Waals surface area contributed by atoms with E-state index in [2.05, 4.69) is 11.4 Å². The maximum atomic E-state index is 6.49. The lowest BCUT2D eigenvalue weighted by atomic mass is 9.73. The highest BCUT2D eigenvalue weighted by atomic mass is 16.8. The third kappa shape index (κ3) is 2.08. The first-order chi connectivity index (χ1) is 12.8. The van der Waals surface area contributed by atoms with Gasteiger partial charge in [0.15, 0.2) is 17.6 Å². The van der Waals surface area contributed by atoms with Gasteiger partial charge in [0.05, 0.1) is 20.3 Å². The van der Waals surface area contributed by atoms with E-state index in [-0.39, 0.29) is 6.10 Å². The number of methoxy groups -OCH3 is 1. The van der Waals surface area contributed by atoms with E-state index >= 15 is 0 Å². The van der Waals surface area contributed by atoms with Crippen LogP contribution >= 0.6 is 0 Å². The average molecular weight is 355 g/mol. The zero-order valence-corrected chi connectivity index (χ0v) is 15.2. The Morgan fingerprint density at radius 1 is 1.23 bits per heavy atom. The topological polar surface area (TPSA) is 49.0 Å². The molecule has 5 nitrogen and oxygen atoms in total. The quantitative estimate of drug-likeness (QED) is 0.900. The van der Waals surface area contributed by atoms with Crippen molar-refractivity contribution in [1.82, 2.24) is 5.32 Å². The van der Waals surface area contributed by atoms with Gasteiger partial charge in [0.25, 0.3) is 0 Å². The van der Waals surface area contributed by atoms with Crippen molar-refractivity contribution >= 4 is 5.57 Å². The van der Waals surface area contributed by atoms with Gasteiger partial charge in [0.2, 0.25) is 5.79 Å². The molecule has 5 aliphatic rings. The zero-order valence-electron chi connectivity index (χ0n) is 15.2. The molecule has 1 saturated heterocycles. The summed E-state index contributed by atoms with van der Waals surface area (Å²) in [6.07, 6.45) is 5.48. The molecular weight excluding hydrogens is 330 g/mol. The van der Waals surface area contributed by atoms with Crippen LogP contribution in [0.4, 0.5) is 0 Å². The van der Waals surface area contributed by atoms with Gasteiger partial charge in [0, 0.05) is 23.6 Å². The predicted octanol–water partition coefficient (Wildman–Crippen LogP) is 2.67. The molecular formula is C21H25NO4. The first kappa shape index (κ1) is 15.5. The minimum absolute atomic E-state index is 0.177. The van der Waals surface area contributed by atoms with Crippen molar-refractivity contribution in [2.75, 3.05) is 26.9 Å². The highest BCUT2D eigenvalue weighted by Gasteiger charge is 2.57. The summed E-state index contributed by atoms with van der Waals surface area (Å²) in [5.41, 5.74) is 5.40. The molecule has 3 aliphatic carbocycles. The molecule has 0 radical (unpaired) electrons. The van der Waals surface area contributed by atoms with E-state index in [1.165, 1.54) is 35.1 Å². The molecule has 2 fully saturated rings. The van der Waals surface area contributed by atoms with Crippen LogP contribution < -0.4 is 14.8 Å². The molecule has 0 amide bonds. The summed E-state index contributed by atoms with van der Waals surface area (Å²) in [5, 5.41) is 3.85. The van der Waals surface area contributed by atoms with Crippen LogP contribution in [-0.4, -0.2) is 44.8 Å². The molecule has 1 spiro atoms. The summed E-state index contributed by atoms with van der Waals surface area (Å²) in [6, 6.07) is 4.65. The van der Waals surface area contributed by atoms with Crippen LogP contribution in [-0.2, 0) is 15.9 Å². The highest BCUT2D eigenvalue weighted by molar-refractivity contribution is 5.87. The van der Waals surface area contributed by atoms with E-state index in [1.54, 1.807) is 7.11 Å². The Morgan fingerprint density at radius 3 is 2.85 bits per heavy atom. The van der Waals surface area contributed by atoms with Crippen LogP contribution in [0.5, 0.6) is 11.5 Å². The Morgan fingerprint density at radius 2 is 2.08 bits per heavy atom. The van der Waals surface area contributed by atoms with Crippen LogP contribution in [0, 0.1) is 5.92 Å². The maximum absolute atomic E-state index is 6.49. The van der Waals surface area contributed by atoms with Gasteiger partial charge in [-0.2, -0.15) is 0 Å². The molecule has 2 aliphatic heterocycles. The van der Waals surface area contributed by atoms with Crippen LogP contribution in [0.1, 0.15) is 36.8 Å². The number of nitrogens with one attached hydrogen (secondary N) is 1. The van der Waals surface area contributed by atoms with Crippen molar-refractivity contribution < 1.29 is 18.9 Å². The van der Waals surface area contributed by atoms with E-state index in [0.29, 0.717) is 19.3 Å². The lowest BCUT2D eigenvalue weighted by Gasteiger charge is -2.41. The Balaban J connectivity index is 1.47. The van der Waals surface area contributed by atoms with Crippen LogP contribution in [0.25, 0.3) is 5.57 Å². The smallest absolute Gasteiger partial charge is 0.210 e. The number of fused-ring (bicyclic) bond motifs is 1. The van der Waals surface area contributed by atoms with Gasteiger partial charge in [-0.15, -0.1) is 0 Å². The summed E-state index contributed by atoms with van der Waals surface area (Å²) in [6.45, 7) is 2.42. The van der Waals surface area contributed by atoms with Gasteiger partial charge in [-0.3, -0.25) is 0 Å². The normalized spacial score (nSPS) is 30.5. The van der Waals surface area contributed by atoms with E-state index in [1.807, 2.05) is 6.07 Å². The summed E-state index contributed by atoms with van der Waals surface area (Å²) in [7, 11) is 1.71. The minimum Gasteiger partial charge on any atom is -0.493 e. The van der Waals surface area contributed by atoms with E-state index in [4.69, 9.17) is 18.9 Å². The van der Waals surface area contributed by atoms with Crippen molar-refractivity contribution in [2.45, 2.75) is 50.0 Å². The molecule has 26 heavy (non-hydrogen) atoms. The first-order valence-electron chi connectivity index (χ1n) is 9.90. The molecule has 1 aromatic rings. The fraction of sp³-hybridized carbons (Fsp3) is 0.619.